The highest BCUT2D eigenvalue weighted by Gasteiger charge is 2.24. The van der Waals surface area contributed by atoms with E-state index in [0.29, 0.717) is 11.7 Å². The molecule has 8 nitrogen and oxygen atoms in total. The maximum Gasteiger partial charge on any atom is 0.328 e. The highest BCUT2D eigenvalue weighted by Crippen LogP contribution is 2.01. The van der Waals surface area contributed by atoms with Gasteiger partial charge in [0.25, 0.3) is 0 Å². The molecule has 18 heavy (non-hydrogen) atoms. The molecule has 0 fully saturated rings. The van der Waals surface area contributed by atoms with Crippen molar-refractivity contribution in [2.24, 2.45) is 0 Å². The molecular formula is C10H15N3O5. The van der Waals surface area contributed by atoms with Gasteiger partial charge in [-0.05, 0) is 13.8 Å². The fourth-order valence-electron chi connectivity index (χ4n) is 1.30. The van der Waals surface area contributed by atoms with E-state index in [9.17, 15) is 14.7 Å². The van der Waals surface area contributed by atoms with E-state index in [4.69, 9.17) is 9.63 Å². The minimum absolute atomic E-state index is 0.0120. The molecule has 0 saturated heterocycles. The Morgan fingerprint density at radius 1 is 1.50 bits per heavy atom. The van der Waals surface area contributed by atoms with Crippen LogP contribution in [0.5, 0.6) is 0 Å². The molecule has 3 N–H and O–H groups in total. The zero-order valence-corrected chi connectivity index (χ0v) is 10.1. The second kappa shape index (κ2) is 6.10. The first-order valence-corrected chi connectivity index (χ1v) is 5.39. The Kier molecular flexibility index (Phi) is 4.78. The van der Waals surface area contributed by atoms with Crippen molar-refractivity contribution >= 4 is 11.9 Å². The minimum Gasteiger partial charge on any atom is -0.480 e. The number of nitrogens with one attached hydrogen (secondary N) is 1. The molecule has 0 aliphatic carbocycles. The number of aromatic nitrogens is 2. The molecule has 1 heterocycles. The van der Waals surface area contributed by atoms with Crippen molar-refractivity contribution < 1.29 is 24.3 Å². The van der Waals surface area contributed by atoms with Gasteiger partial charge in [0.05, 0.1) is 6.10 Å². The van der Waals surface area contributed by atoms with Crippen LogP contribution in [-0.4, -0.2) is 44.4 Å². The van der Waals surface area contributed by atoms with E-state index in [2.05, 4.69) is 15.5 Å². The van der Waals surface area contributed by atoms with E-state index in [-0.39, 0.29) is 12.8 Å². The molecule has 1 rings (SSSR count). The van der Waals surface area contributed by atoms with Crippen molar-refractivity contribution in [1.29, 1.82) is 0 Å². The van der Waals surface area contributed by atoms with E-state index in [1.54, 1.807) is 6.92 Å². The van der Waals surface area contributed by atoms with Crippen LogP contribution in [0.1, 0.15) is 25.1 Å². The number of hydrogen-bond donors (Lipinski definition) is 3. The van der Waals surface area contributed by atoms with E-state index < -0.39 is 24.0 Å². The van der Waals surface area contributed by atoms with Crippen molar-refractivity contribution in [3.63, 3.8) is 0 Å². The number of amides is 1. The van der Waals surface area contributed by atoms with Crippen molar-refractivity contribution in [2.45, 2.75) is 38.8 Å². The maximum absolute atomic E-state index is 11.5. The fraction of sp³-hybridized carbons (Fsp3) is 0.600. The molecule has 0 aromatic carbocycles. The summed E-state index contributed by atoms with van der Waals surface area (Å²) in [6, 6.07) is -1.32. The van der Waals surface area contributed by atoms with Crippen molar-refractivity contribution in [3.8, 4) is 0 Å². The normalized spacial score (nSPS) is 13.9. The van der Waals surface area contributed by atoms with Gasteiger partial charge in [0.2, 0.25) is 11.8 Å². The summed E-state index contributed by atoms with van der Waals surface area (Å²) in [6.07, 6.45) is -0.936. The Hall–Kier alpha value is -1.96. The van der Waals surface area contributed by atoms with Gasteiger partial charge in [-0.3, -0.25) is 4.79 Å². The molecule has 8 heteroatoms. The van der Waals surface area contributed by atoms with Gasteiger partial charge in [0.15, 0.2) is 11.9 Å². The predicted octanol–water partition coefficient (Wildman–Crippen LogP) is -0.739. The van der Waals surface area contributed by atoms with Crippen LogP contribution >= 0.6 is 0 Å². The SMILES string of the molecule is Cc1noc(CCC(=O)NC(C(=O)O)C(C)O)n1. The van der Waals surface area contributed by atoms with Gasteiger partial charge in [-0.15, -0.1) is 0 Å². The first-order chi connectivity index (χ1) is 8.40. The maximum atomic E-state index is 11.5. The Balaban J connectivity index is 2.43. The van der Waals surface area contributed by atoms with Crippen LogP contribution in [0.4, 0.5) is 0 Å². The molecule has 1 aromatic heterocycles. The van der Waals surface area contributed by atoms with Gasteiger partial charge in [0.1, 0.15) is 0 Å². The predicted molar refractivity (Wildman–Crippen MR) is 58.6 cm³/mol. The number of aryl methyl sites for hydroxylation is 2. The summed E-state index contributed by atoms with van der Waals surface area (Å²) in [5, 5.41) is 23.7. The van der Waals surface area contributed by atoms with Crippen LogP contribution in [0.2, 0.25) is 0 Å². The lowest BCUT2D eigenvalue weighted by Gasteiger charge is -2.16. The number of carbonyl (C=O) groups excluding carboxylic acids is 1. The van der Waals surface area contributed by atoms with Gasteiger partial charge in [-0.25, -0.2) is 4.79 Å². The van der Waals surface area contributed by atoms with Crippen molar-refractivity contribution in [3.05, 3.63) is 11.7 Å². The summed E-state index contributed by atoms with van der Waals surface area (Å²) in [7, 11) is 0. The van der Waals surface area contributed by atoms with Crippen molar-refractivity contribution in [2.75, 3.05) is 0 Å². The molecule has 2 atom stereocenters. The highest BCUT2D eigenvalue weighted by atomic mass is 16.5. The smallest absolute Gasteiger partial charge is 0.328 e. The average molecular weight is 257 g/mol. The lowest BCUT2D eigenvalue weighted by Crippen LogP contribution is -2.47. The summed E-state index contributed by atoms with van der Waals surface area (Å²) < 4.78 is 4.81. The summed E-state index contributed by atoms with van der Waals surface area (Å²) in [4.78, 5) is 26.1. The summed E-state index contributed by atoms with van der Waals surface area (Å²) in [5.74, 6) is -1.00. The number of rotatable bonds is 6. The van der Waals surface area contributed by atoms with Gasteiger partial charge >= 0.3 is 5.97 Å². The Morgan fingerprint density at radius 2 is 2.17 bits per heavy atom. The number of carbonyl (C=O) groups is 2. The molecule has 0 aliphatic heterocycles. The monoisotopic (exact) mass is 257 g/mol. The first kappa shape index (κ1) is 14.1. The molecule has 0 bridgehead atoms. The number of carboxylic acids is 1. The lowest BCUT2D eigenvalue weighted by molar-refractivity contribution is -0.144. The summed E-state index contributed by atoms with van der Waals surface area (Å²) in [6.45, 7) is 2.95. The van der Waals surface area contributed by atoms with Gasteiger partial charge in [0, 0.05) is 12.8 Å². The average Bonchev–Trinajstić information content (AvgIpc) is 2.68. The van der Waals surface area contributed by atoms with Crippen LogP contribution in [0, 0.1) is 6.92 Å². The highest BCUT2D eigenvalue weighted by molar-refractivity contribution is 5.83. The molecule has 1 aromatic rings. The second-order valence-corrected chi connectivity index (χ2v) is 3.86. The van der Waals surface area contributed by atoms with E-state index in [1.165, 1.54) is 6.92 Å². The number of nitrogens with zero attached hydrogens (tertiary/aromatic N) is 2. The molecule has 0 aliphatic rings. The number of aliphatic hydroxyl groups is 1. The zero-order chi connectivity index (χ0) is 13.7. The largest absolute Gasteiger partial charge is 0.480 e. The van der Waals surface area contributed by atoms with Crippen LogP contribution in [-0.2, 0) is 16.0 Å². The van der Waals surface area contributed by atoms with Crippen LogP contribution in [0.3, 0.4) is 0 Å². The molecule has 0 saturated carbocycles. The number of hydrogen-bond acceptors (Lipinski definition) is 6. The molecule has 2 unspecified atom stereocenters. The molecule has 100 valence electrons. The fourth-order valence-corrected chi connectivity index (χ4v) is 1.30. The Morgan fingerprint density at radius 3 is 2.61 bits per heavy atom. The minimum atomic E-state index is -1.32. The first-order valence-electron chi connectivity index (χ1n) is 5.39. The molecule has 0 radical (unpaired) electrons. The third-order valence-corrected chi connectivity index (χ3v) is 2.20. The van der Waals surface area contributed by atoms with E-state index in [0.717, 1.165) is 0 Å². The molecular weight excluding hydrogens is 242 g/mol. The topological polar surface area (TPSA) is 126 Å². The van der Waals surface area contributed by atoms with Crippen LogP contribution in [0.15, 0.2) is 4.52 Å². The van der Waals surface area contributed by atoms with Crippen molar-refractivity contribution in [1.82, 2.24) is 15.5 Å². The molecule has 0 spiro atoms. The van der Waals surface area contributed by atoms with E-state index in [1.807, 2.05) is 0 Å². The number of aliphatic hydroxyl groups excluding tert-OH is 1. The quantitative estimate of drug-likeness (QED) is 0.612. The van der Waals surface area contributed by atoms with Crippen LogP contribution < -0.4 is 5.32 Å². The zero-order valence-electron chi connectivity index (χ0n) is 10.1. The second-order valence-electron chi connectivity index (χ2n) is 3.86. The third-order valence-electron chi connectivity index (χ3n) is 2.20. The summed E-state index contributed by atoms with van der Waals surface area (Å²) >= 11 is 0. The van der Waals surface area contributed by atoms with Gasteiger partial charge in [-0.2, -0.15) is 4.98 Å². The lowest BCUT2D eigenvalue weighted by atomic mass is 10.1. The number of carboxylic acid groups (broad SMARTS) is 1. The Labute approximate surface area is 103 Å². The standard InChI is InChI=1S/C10H15N3O5/c1-5(14)9(10(16)17)12-7(15)3-4-8-11-6(2)13-18-8/h5,9,14H,3-4H2,1-2H3,(H,12,15)(H,16,17). The van der Waals surface area contributed by atoms with E-state index >= 15 is 0 Å². The van der Waals surface area contributed by atoms with Crippen LogP contribution in [0.25, 0.3) is 0 Å². The summed E-state index contributed by atoms with van der Waals surface area (Å²) in [5.41, 5.74) is 0. The number of aliphatic carboxylic acids is 1. The Bertz CT molecular complexity index is 429. The van der Waals surface area contributed by atoms with Gasteiger partial charge < -0.3 is 20.1 Å². The van der Waals surface area contributed by atoms with Gasteiger partial charge in [-0.1, -0.05) is 5.16 Å². The third kappa shape index (κ3) is 4.13. The molecule has 1 amide bonds.